The van der Waals surface area contributed by atoms with Gasteiger partial charge in [0, 0.05) is 11.4 Å². The number of nitrogens with zero attached hydrogens (tertiary/aromatic N) is 2. The van der Waals surface area contributed by atoms with Crippen LogP contribution in [0.15, 0.2) is 54.6 Å². The lowest BCUT2D eigenvalue weighted by Gasteiger charge is -2.26. The van der Waals surface area contributed by atoms with Crippen molar-refractivity contribution in [2.24, 2.45) is 0 Å². The number of rotatable bonds is 9. The summed E-state index contributed by atoms with van der Waals surface area (Å²) < 4.78 is 25.2. The third kappa shape index (κ3) is 6.69. The smallest absolute Gasteiger partial charge is 0.241 e. The number of hydrogen-bond acceptors (Lipinski definition) is 4. The van der Waals surface area contributed by atoms with E-state index in [1.807, 2.05) is 44.2 Å². The minimum atomic E-state index is -3.34. The van der Waals surface area contributed by atoms with Crippen molar-refractivity contribution >= 4 is 27.3 Å². The standard InChI is InChI=1S/C20H27N3O3S/c1-4-22(5-2)16-20(24)23(15-17-9-7-6-8-10-17)19-13-11-18(12-14-19)21-27(3,25)26/h6-14,21H,4-5,15-16H2,1-3H3. The summed E-state index contributed by atoms with van der Waals surface area (Å²) in [6.07, 6.45) is 1.11. The van der Waals surface area contributed by atoms with Crippen molar-refractivity contribution in [1.29, 1.82) is 0 Å². The highest BCUT2D eigenvalue weighted by Crippen LogP contribution is 2.21. The van der Waals surface area contributed by atoms with Crippen LogP contribution in [0, 0.1) is 0 Å². The van der Waals surface area contributed by atoms with Crippen molar-refractivity contribution in [1.82, 2.24) is 4.90 Å². The third-order valence-corrected chi connectivity index (χ3v) is 4.83. The van der Waals surface area contributed by atoms with Crippen LogP contribution in [0.5, 0.6) is 0 Å². The van der Waals surface area contributed by atoms with Gasteiger partial charge in [-0.15, -0.1) is 0 Å². The molecule has 0 bridgehead atoms. The molecule has 146 valence electrons. The maximum absolute atomic E-state index is 13.0. The van der Waals surface area contributed by atoms with E-state index in [4.69, 9.17) is 0 Å². The Labute approximate surface area is 161 Å². The third-order valence-electron chi connectivity index (χ3n) is 4.22. The molecule has 0 aliphatic rings. The zero-order valence-electron chi connectivity index (χ0n) is 16.1. The minimum absolute atomic E-state index is 0.00590. The molecule has 0 aliphatic heterocycles. The first-order valence-electron chi connectivity index (χ1n) is 8.97. The van der Waals surface area contributed by atoms with Crippen LogP contribution >= 0.6 is 0 Å². The van der Waals surface area contributed by atoms with Crippen LogP contribution in [0.3, 0.4) is 0 Å². The Morgan fingerprint density at radius 3 is 2.07 bits per heavy atom. The van der Waals surface area contributed by atoms with E-state index in [0.29, 0.717) is 18.8 Å². The fraction of sp³-hybridized carbons (Fsp3) is 0.350. The lowest BCUT2D eigenvalue weighted by Crippen LogP contribution is -2.40. The second kappa shape index (κ2) is 9.53. The Morgan fingerprint density at radius 2 is 1.56 bits per heavy atom. The average Bonchev–Trinajstić information content (AvgIpc) is 2.64. The highest BCUT2D eigenvalue weighted by Gasteiger charge is 2.18. The van der Waals surface area contributed by atoms with Crippen LogP contribution in [-0.2, 0) is 21.4 Å². The summed E-state index contributed by atoms with van der Waals surface area (Å²) in [6, 6.07) is 16.7. The van der Waals surface area contributed by atoms with Crippen LogP contribution in [0.2, 0.25) is 0 Å². The van der Waals surface area contributed by atoms with E-state index >= 15 is 0 Å². The van der Waals surface area contributed by atoms with E-state index in [1.165, 1.54) is 0 Å². The molecule has 7 heteroatoms. The van der Waals surface area contributed by atoms with Crippen molar-refractivity contribution in [3.63, 3.8) is 0 Å². The Balaban J connectivity index is 2.26. The van der Waals surface area contributed by atoms with Gasteiger partial charge in [-0.2, -0.15) is 0 Å². The largest absolute Gasteiger partial charge is 0.307 e. The van der Waals surface area contributed by atoms with Crippen LogP contribution in [-0.4, -0.2) is 45.1 Å². The predicted octanol–water partition coefficient (Wildman–Crippen LogP) is 2.93. The Bertz CT molecular complexity index is 833. The SMILES string of the molecule is CCN(CC)CC(=O)N(Cc1ccccc1)c1ccc(NS(C)(=O)=O)cc1. The summed E-state index contributed by atoms with van der Waals surface area (Å²) in [5.74, 6) is 0.00590. The summed E-state index contributed by atoms with van der Waals surface area (Å²) >= 11 is 0. The maximum atomic E-state index is 13.0. The molecule has 1 amide bonds. The molecule has 0 saturated carbocycles. The van der Waals surface area contributed by atoms with Gasteiger partial charge >= 0.3 is 0 Å². The predicted molar refractivity (Wildman–Crippen MR) is 110 cm³/mol. The van der Waals surface area contributed by atoms with Gasteiger partial charge in [-0.3, -0.25) is 14.4 Å². The van der Waals surface area contributed by atoms with Crippen molar-refractivity contribution in [3.8, 4) is 0 Å². The number of carbonyl (C=O) groups is 1. The van der Waals surface area contributed by atoms with Gasteiger partial charge in [0.2, 0.25) is 15.9 Å². The normalized spacial score (nSPS) is 11.4. The molecule has 2 aromatic rings. The summed E-state index contributed by atoms with van der Waals surface area (Å²) in [5.41, 5.74) is 2.23. The van der Waals surface area contributed by atoms with Crippen LogP contribution in [0.4, 0.5) is 11.4 Å². The molecular weight excluding hydrogens is 362 g/mol. The average molecular weight is 390 g/mol. The number of likely N-dealkylation sites (N-methyl/N-ethyl adjacent to an activating group) is 1. The summed E-state index contributed by atoms with van der Waals surface area (Å²) in [5, 5.41) is 0. The lowest BCUT2D eigenvalue weighted by molar-refractivity contribution is -0.119. The number of amides is 1. The topological polar surface area (TPSA) is 69.7 Å². The summed E-state index contributed by atoms with van der Waals surface area (Å²) in [4.78, 5) is 16.8. The highest BCUT2D eigenvalue weighted by molar-refractivity contribution is 7.92. The number of hydrogen-bond donors (Lipinski definition) is 1. The van der Waals surface area contributed by atoms with Crippen molar-refractivity contribution in [3.05, 3.63) is 60.2 Å². The molecule has 0 fully saturated rings. The molecule has 2 aromatic carbocycles. The number of carbonyl (C=O) groups excluding carboxylic acids is 1. The van der Waals surface area contributed by atoms with Gasteiger partial charge in [0.05, 0.1) is 19.3 Å². The first-order chi connectivity index (χ1) is 12.8. The van der Waals surface area contributed by atoms with Gasteiger partial charge in [0.1, 0.15) is 0 Å². The molecule has 0 spiro atoms. The molecular formula is C20H27N3O3S. The Morgan fingerprint density at radius 1 is 0.963 bits per heavy atom. The first-order valence-corrected chi connectivity index (χ1v) is 10.9. The van der Waals surface area contributed by atoms with E-state index < -0.39 is 10.0 Å². The molecule has 27 heavy (non-hydrogen) atoms. The van der Waals surface area contributed by atoms with Gasteiger partial charge in [-0.25, -0.2) is 8.42 Å². The fourth-order valence-corrected chi connectivity index (χ4v) is 3.30. The van der Waals surface area contributed by atoms with E-state index in [9.17, 15) is 13.2 Å². The van der Waals surface area contributed by atoms with Gasteiger partial charge in [-0.1, -0.05) is 44.2 Å². The Kier molecular flexibility index (Phi) is 7.38. The van der Waals surface area contributed by atoms with E-state index in [1.54, 1.807) is 29.2 Å². The van der Waals surface area contributed by atoms with E-state index in [-0.39, 0.29) is 5.91 Å². The van der Waals surface area contributed by atoms with Gasteiger partial charge in [0.15, 0.2) is 0 Å². The zero-order chi connectivity index (χ0) is 19.9. The van der Waals surface area contributed by atoms with Crippen LogP contribution < -0.4 is 9.62 Å². The highest BCUT2D eigenvalue weighted by atomic mass is 32.2. The molecule has 1 N–H and O–H groups in total. The molecule has 0 heterocycles. The second-order valence-electron chi connectivity index (χ2n) is 6.35. The Hall–Kier alpha value is -2.38. The summed E-state index contributed by atoms with van der Waals surface area (Å²) in [7, 11) is -3.34. The maximum Gasteiger partial charge on any atom is 0.241 e. The monoisotopic (exact) mass is 389 g/mol. The van der Waals surface area contributed by atoms with Gasteiger partial charge < -0.3 is 4.90 Å². The summed E-state index contributed by atoms with van der Waals surface area (Å²) in [6.45, 7) is 6.47. The fourth-order valence-electron chi connectivity index (χ4n) is 2.74. The molecule has 0 atom stereocenters. The van der Waals surface area contributed by atoms with Crippen molar-refractivity contribution in [2.75, 3.05) is 35.5 Å². The molecule has 0 saturated heterocycles. The molecule has 0 unspecified atom stereocenters. The minimum Gasteiger partial charge on any atom is -0.307 e. The number of benzene rings is 2. The molecule has 2 rings (SSSR count). The van der Waals surface area contributed by atoms with Gasteiger partial charge in [-0.05, 0) is 42.9 Å². The van der Waals surface area contributed by atoms with Gasteiger partial charge in [0.25, 0.3) is 0 Å². The van der Waals surface area contributed by atoms with E-state index in [2.05, 4.69) is 9.62 Å². The van der Waals surface area contributed by atoms with Crippen LogP contribution in [0.1, 0.15) is 19.4 Å². The van der Waals surface area contributed by atoms with Crippen LogP contribution in [0.25, 0.3) is 0 Å². The number of anilines is 2. The first kappa shape index (κ1) is 20.9. The molecule has 0 radical (unpaired) electrons. The number of nitrogens with one attached hydrogen (secondary N) is 1. The molecule has 6 nitrogen and oxygen atoms in total. The van der Waals surface area contributed by atoms with Crippen molar-refractivity contribution < 1.29 is 13.2 Å². The number of sulfonamides is 1. The molecule has 0 aromatic heterocycles. The quantitative estimate of drug-likeness (QED) is 0.716. The second-order valence-corrected chi connectivity index (χ2v) is 8.10. The lowest BCUT2D eigenvalue weighted by atomic mass is 10.2. The zero-order valence-corrected chi connectivity index (χ0v) is 16.9. The molecule has 0 aliphatic carbocycles. The van der Waals surface area contributed by atoms with E-state index in [0.717, 1.165) is 30.6 Å². The van der Waals surface area contributed by atoms with Crippen molar-refractivity contribution in [2.45, 2.75) is 20.4 Å².